The summed E-state index contributed by atoms with van der Waals surface area (Å²) in [6.07, 6.45) is -2.22. The average molecular weight is 474 g/mol. The molecule has 11 heteroatoms. The summed E-state index contributed by atoms with van der Waals surface area (Å²) in [4.78, 5) is 1.22. The van der Waals surface area contributed by atoms with Crippen molar-refractivity contribution in [1.82, 2.24) is 9.21 Å². The highest BCUT2D eigenvalue weighted by atomic mass is 35.5. The Bertz CT molecular complexity index is 1100. The fourth-order valence-electron chi connectivity index (χ4n) is 3.48. The van der Waals surface area contributed by atoms with Crippen molar-refractivity contribution in [2.24, 2.45) is 0 Å². The van der Waals surface area contributed by atoms with Crippen LogP contribution >= 0.6 is 11.6 Å². The molecule has 0 spiro atoms. The summed E-state index contributed by atoms with van der Waals surface area (Å²) in [7, 11) is -2.91. The lowest BCUT2D eigenvalue weighted by atomic mass is 10.1. The van der Waals surface area contributed by atoms with E-state index in [-0.39, 0.29) is 34.3 Å². The molecule has 0 unspecified atom stereocenters. The van der Waals surface area contributed by atoms with Gasteiger partial charge in [0.1, 0.15) is 10.6 Å². The van der Waals surface area contributed by atoms with Gasteiger partial charge in [0.15, 0.2) is 6.19 Å². The van der Waals surface area contributed by atoms with Crippen LogP contribution in [0.5, 0.6) is 5.75 Å². The molecule has 0 radical (unpaired) electrons. The Kier molecular flexibility index (Phi) is 6.69. The smallest absolute Gasteiger partial charge is 0.416 e. The molecule has 1 atom stereocenters. The van der Waals surface area contributed by atoms with Crippen LogP contribution in [-0.2, 0) is 22.7 Å². The maximum absolute atomic E-state index is 13.6. The quantitative estimate of drug-likeness (QED) is 0.590. The van der Waals surface area contributed by atoms with E-state index in [9.17, 15) is 21.6 Å². The minimum atomic E-state index is -4.55. The number of hydrogen-bond donors (Lipinski definition) is 0. The molecule has 0 saturated carbocycles. The van der Waals surface area contributed by atoms with E-state index >= 15 is 0 Å². The number of likely N-dealkylation sites (tertiary alicyclic amines) is 1. The van der Waals surface area contributed by atoms with Crippen molar-refractivity contribution in [1.29, 1.82) is 5.26 Å². The highest BCUT2D eigenvalue weighted by Crippen LogP contribution is 2.34. The molecule has 2 aromatic carbocycles. The van der Waals surface area contributed by atoms with Gasteiger partial charge < -0.3 is 9.64 Å². The van der Waals surface area contributed by atoms with Crippen LogP contribution in [0, 0.1) is 11.5 Å². The van der Waals surface area contributed by atoms with Gasteiger partial charge in [-0.2, -0.15) is 22.7 Å². The van der Waals surface area contributed by atoms with Crippen molar-refractivity contribution in [3.8, 4) is 11.9 Å². The van der Waals surface area contributed by atoms with Gasteiger partial charge in [0.25, 0.3) is 0 Å². The summed E-state index contributed by atoms with van der Waals surface area (Å²) >= 11 is 6.01. The molecule has 1 fully saturated rings. The highest BCUT2D eigenvalue weighted by molar-refractivity contribution is 7.89. The van der Waals surface area contributed by atoms with E-state index in [2.05, 4.69) is 0 Å². The Morgan fingerprint density at radius 1 is 1.29 bits per heavy atom. The lowest BCUT2D eigenvalue weighted by Gasteiger charge is -2.29. The number of hydrogen-bond acceptors (Lipinski definition) is 5. The third kappa shape index (κ3) is 5.06. The molecule has 1 saturated heterocycles. The molecule has 0 aromatic heterocycles. The summed E-state index contributed by atoms with van der Waals surface area (Å²) in [5.41, 5.74) is -0.692. The summed E-state index contributed by atoms with van der Waals surface area (Å²) in [6.45, 7) is 0.186. The maximum Gasteiger partial charge on any atom is 0.416 e. The first-order valence-electron chi connectivity index (χ1n) is 9.22. The second-order valence-electron chi connectivity index (χ2n) is 7.03. The van der Waals surface area contributed by atoms with Crippen LogP contribution in [0.25, 0.3) is 0 Å². The molecular weight excluding hydrogens is 455 g/mol. The number of rotatable bonds is 6. The Labute approximate surface area is 183 Å². The van der Waals surface area contributed by atoms with Gasteiger partial charge in [0.2, 0.25) is 10.0 Å². The van der Waals surface area contributed by atoms with Gasteiger partial charge in [-0.3, -0.25) is 0 Å². The zero-order valence-corrected chi connectivity index (χ0v) is 18.0. The number of sulfonamides is 1. The van der Waals surface area contributed by atoms with Gasteiger partial charge in [-0.05, 0) is 36.2 Å². The standard InChI is InChI=1S/C20H19ClF3N3O3S/c1-30-18-6-5-16(21)10-19(18)31(28,29)27(17-7-8-26(12-17)13-25)11-14-3-2-4-15(9-14)20(22,23)24/h2-6,9-10,17H,7-8,11-12H2,1H3/t17-/m1/s1. The Balaban J connectivity index is 2.06. The van der Waals surface area contributed by atoms with Crippen molar-refractivity contribution in [2.75, 3.05) is 20.2 Å². The molecule has 0 amide bonds. The first-order chi connectivity index (χ1) is 14.6. The molecule has 1 aliphatic heterocycles. The second-order valence-corrected chi connectivity index (χ2v) is 9.33. The molecule has 1 heterocycles. The number of nitrogens with zero attached hydrogens (tertiary/aromatic N) is 3. The largest absolute Gasteiger partial charge is 0.495 e. The van der Waals surface area contributed by atoms with Crippen LogP contribution in [0.3, 0.4) is 0 Å². The van der Waals surface area contributed by atoms with Gasteiger partial charge >= 0.3 is 6.18 Å². The monoisotopic (exact) mass is 473 g/mol. The number of nitriles is 1. The van der Waals surface area contributed by atoms with E-state index in [1.165, 1.54) is 42.3 Å². The number of halogens is 4. The molecule has 1 aliphatic rings. The summed E-state index contributed by atoms with van der Waals surface area (Å²) in [6, 6.07) is 8.04. The van der Waals surface area contributed by atoms with E-state index in [0.717, 1.165) is 16.4 Å². The van der Waals surface area contributed by atoms with Crippen LogP contribution < -0.4 is 4.74 Å². The lowest BCUT2D eigenvalue weighted by Crippen LogP contribution is -2.41. The van der Waals surface area contributed by atoms with Crippen molar-refractivity contribution < 1.29 is 26.3 Å². The Morgan fingerprint density at radius 2 is 2.03 bits per heavy atom. The molecule has 6 nitrogen and oxygen atoms in total. The van der Waals surface area contributed by atoms with Crippen LogP contribution in [0.2, 0.25) is 5.02 Å². The lowest BCUT2D eigenvalue weighted by molar-refractivity contribution is -0.137. The number of ether oxygens (including phenoxy) is 1. The first kappa shape index (κ1) is 23.2. The molecule has 0 N–H and O–H groups in total. The molecule has 2 aromatic rings. The fraction of sp³-hybridized carbons (Fsp3) is 0.350. The van der Waals surface area contributed by atoms with E-state index in [0.29, 0.717) is 13.0 Å². The average Bonchev–Trinajstić information content (AvgIpc) is 3.20. The summed E-state index contributed by atoms with van der Waals surface area (Å²) < 4.78 is 72.9. The number of benzene rings is 2. The first-order valence-corrected chi connectivity index (χ1v) is 11.0. The normalized spacial score (nSPS) is 17.1. The van der Waals surface area contributed by atoms with E-state index in [1.54, 1.807) is 0 Å². The zero-order chi connectivity index (χ0) is 22.8. The predicted molar refractivity (Wildman–Crippen MR) is 108 cm³/mol. The zero-order valence-electron chi connectivity index (χ0n) is 16.4. The van der Waals surface area contributed by atoms with E-state index < -0.39 is 27.8 Å². The Morgan fingerprint density at radius 3 is 2.65 bits per heavy atom. The second kappa shape index (κ2) is 8.94. The molecule has 0 bridgehead atoms. The minimum absolute atomic E-state index is 0.0635. The van der Waals surface area contributed by atoms with Crippen LogP contribution in [0.4, 0.5) is 13.2 Å². The minimum Gasteiger partial charge on any atom is -0.495 e. The van der Waals surface area contributed by atoms with Crippen molar-refractivity contribution in [2.45, 2.75) is 30.1 Å². The van der Waals surface area contributed by atoms with Crippen LogP contribution in [0.15, 0.2) is 47.4 Å². The van der Waals surface area contributed by atoms with Crippen molar-refractivity contribution >= 4 is 21.6 Å². The summed E-state index contributed by atoms with van der Waals surface area (Å²) in [5, 5.41) is 9.34. The third-order valence-corrected chi connectivity index (χ3v) is 7.17. The number of alkyl halides is 3. The summed E-state index contributed by atoms with van der Waals surface area (Å²) in [5.74, 6) is 0.0635. The van der Waals surface area contributed by atoms with Crippen molar-refractivity contribution in [3.05, 3.63) is 58.6 Å². The van der Waals surface area contributed by atoms with E-state index in [1.807, 2.05) is 6.19 Å². The van der Waals surface area contributed by atoms with Gasteiger partial charge in [0.05, 0.1) is 12.7 Å². The molecule has 31 heavy (non-hydrogen) atoms. The SMILES string of the molecule is COc1ccc(Cl)cc1S(=O)(=O)N(Cc1cccc(C(F)(F)F)c1)[C@@H]1CCN(C#N)C1. The molecule has 0 aliphatic carbocycles. The molecule has 3 rings (SSSR count). The van der Waals surface area contributed by atoms with Gasteiger partial charge in [0, 0.05) is 30.7 Å². The van der Waals surface area contributed by atoms with E-state index in [4.69, 9.17) is 21.6 Å². The topological polar surface area (TPSA) is 73.6 Å². The van der Waals surface area contributed by atoms with Crippen LogP contribution in [0.1, 0.15) is 17.5 Å². The van der Waals surface area contributed by atoms with Gasteiger partial charge in [-0.1, -0.05) is 29.8 Å². The predicted octanol–water partition coefficient (Wildman–Crippen LogP) is 4.11. The third-order valence-electron chi connectivity index (χ3n) is 5.02. The van der Waals surface area contributed by atoms with Gasteiger partial charge in [-0.15, -0.1) is 0 Å². The van der Waals surface area contributed by atoms with Crippen LogP contribution in [-0.4, -0.2) is 43.9 Å². The fourth-order valence-corrected chi connectivity index (χ4v) is 5.54. The molecule has 166 valence electrons. The Hall–Kier alpha value is -2.48. The van der Waals surface area contributed by atoms with Gasteiger partial charge in [-0.25, -0.2) is 8.42 Å². The maximum atomic E-state index is 13.6. The van der Waals surface area contributed by atoms with Crippen molar-refractivity contribution in [3.63, 3.8) is 0 Å². The highest BCUT2D eigenvalue weighted by Gasteiger charge is 2.38. The number of methoxy groups -OCH3 is 1. The molecular formula is C20H19ClF3N3O3S.